The molecular formula is C11H17N3O3S. The van der Waals surface area contributed by atoms with Crippen molar-refractivity contribution in [3.8, 4) is 0 Å². The van der Waals surface area contributed by atoms with Crippen LogP contribution in [0.2, 0.25) is 0 Å². The number of nitrogens with one attached hydrogen (secondary N) is 1. The molecule has 0 radical (unpaired) electrons. The van der Waals surface area contributed by atoms with Gasteiger partial charge >= 0.3 is 5.97 Å². The van der Waals surface area contributed by atoms with Crippen LogP contribution in [0.4, 0.5) is 5.13 Å². The van der Waals surface area contributed by atoms with Gasteiger partial charge in [0, 0.05) is 18.3 Å². The van der Waals surface area contributed by atoms with Crippen molar-refractivity contribution >= 4 is 28.3 Å². The Balaban J connectivity index is 2.29. The Kier molecular flexibility index (Phi) is 6.13. The first kappa shape index (κ1) is 14.4. The van der Waals surface area contributed by atoms with Gasteiger partial charge in [0.05, 0.1) is 18.7 Å². The largest absolute Gasteiger partial charge is 0.466 e. The number of rotatable bonds is 8. The first-order chi connectivity index (χ1) is 8.61. The molecule has 7 heteroatoms. The standard InChI is InChI=1S/C11H17N3O3S/c1-2-17-10(16)6-8-7-18-11(14-8)13-5-3-4-9(12)15/h7H,2-6H2,1H3,(H2,12,15)(H,13,14). The van der Waals surface area contributed by atoms with E-state index in [1.54, 1.807) is 6.92 Å². The summed E-state index contributed by atoms with van der Waals surface area (Å²) in [5, 5.41) is 5.62. The highest BCUT2D eigenvalue weighted by Gasteiger charge is 2.08. The minimum Gasteiger partial charge on any atom is -0.466 e. The van der Waals surface area contributed by atoms with E-state index in [4.69, 9.17) is 10.5 Å². The molecule has 0 saturated carbocycles. The third-order valence-corrected chi connectivity index (χ3v) is 2.91. The van der Waals surface area contributed by atoms with Crippen LogP contribution in [-0.2, 0) is 20.7 Å². The molecule has 6 nitrogen and oxygen atoms in total. The number of primary amides is 1. The quantitative estimate of drug-likeness (QED) is 0.541. The summed E-state index contributed by atoms with van der Waals surface area (Å²) in [7, 11) is 0. The van der Waals surface area contributed by atoms with Gasteiger partial charge in [-0.15, -0.1) is 11.3 Å². The Morgan fingerprint density at radius 3 is 3.00 bits per heavy atom. The van der Waals surface area contributed by atoms with Crippen molar-refractivity contribution in [2.24, 2.45) is 5.73 Å². The molecule has 1 amide bonds. The Labute approximate surface area is 110 Å². The van der Waals surface area contributed by atoms with Gasteiger partial charge in [0.25, 0.3) is 0 Å². The molecule has 0 atom stereocenters. The van der Waals surface area contributed by atoms with Crippen LogP contribution in [0.5, 0.6) is 0 Å². The lowest BCUT2D eigenvalue weighted by Crippen LogP contribution is -2.12. The Morgan fingerprint density at radius 1 is 1.56 bits per heavy atom. The number of hydrogen-bond donors (Lipinski definition) is 2. The van der Waals surface area contributed by atoms with E-state index < -0.39 is 0 Å². The van der Waals surface area contributed by atoms with Crippen LogP contribution in [0.1, 0.15) is 25.5 Å². The van der Waals surface area contributed by atoms with E-state index in [0.29, 0.717) is 31.7 Å². The lowest BCUT2D eigenvalue weighted by atomic mass is 10.3. The number of anilines is 1. The number of amides is 1. The van der Waals surface area contributed by atoms with E-state index >= 15 is 0 Å². The zero-order chi connectivity index (χ0) is 13.4. The average molecular weight is 271 g/mol. The van der Waals surface area contributed by atoms with Crippen molar-refractivity contribution < 1.29 is 14.3 Å². The first-order valence-electron chi connectivity index (χ1n) is 5.74. The van der Waals surface area contributed by atoms with Crippen LogP contribution in [0, 0.1) is 0 Å². The molecule has 0 aliphatic rings. The fourth-order valence-corrected chi connectivity index (χ4v) is 2.03. The summed E-state index contributed by atoms with van der Waals surface area (Å²) in [5.74, 6) is -0.581. The predicted octanol–water partition coefficient (Wildman–Crippen LogP) is 0.926. The van der Waals surface area contributed by atoms with Gasteiger partial charge in [-0.05, 0) is 13.3 Å². The maximum atomic E-state index is 11.2. The molecule has 0 aromatic carbocycles. The zero-order valence-electron chi connectivity index (χ0n) is 10.3. The van der Waals surface area contributed by atoms with Gasteiger partial charge < -0.3 is 15.8 Å². The molecule has 1 heterocycles. The van der Waals surface area contributed by atoms with Crippen molar-refractivity contribution in [1.82, 2.24) is 4.98 Å². The lowest BCUT2D eigenvalue weighted by Gasteiger charge is -2.00. The molecular weight excluding hydrogens is 254 g/mol. The number of carbonyl (C=O) groups is 2. The SMILES string of the molecule is CCOC(=O)Cc1csc(NCCCC(N)=O)n1. The van der Waals surface area contributed by atoms with Gasteiger partial charge in [0.1, 0.15) is 0 Å². The Morgan fingerprint density at radius 2 is 2.33 bits per heavy atom. The van der Waals surface area contributed by atoms with E-state index in [1.807, 2.05) is 5.38 Å². The fraction of sp³-hybridized carbons (Fsp3) is 0.545. The van der Waals surface area contributed by atoms with Crippen LogP contribution in [-0.4, -0.2) is 30.0 Å². The van der Waals surface area contributed by atoms with Crippen molar-refractivity contribution in [3.05, 3.63) is 11.1 Å². The summed E-state index contributed by atoms with van der Waals surface area (Å²) in [4.78, 5) is 26.0. The van der Waals surface area contributed by atoms with Crippen LogP contribution in [0.25, 0.3) is 0 Å². The van der Waals surface area contributed by atoms with E-state index in [9.17, 15) is 9.59 Å². The number of nitrogens with two attached hydrogens (primary N) is 1. The molecule has 0 fully saturated rings. The van der Waals surface area contributed by atoms with Crippen molar-refractivity contribution in [3.63, 3.8) is 0 Å². The molecule has 0 aliphatic heterocycles. The van der Waals surface area contributed by atoms with Crippen LogP contribution in [0.15, 0.2) is 5.38 Å². The third kappa shape index (κ3) is 5.62. The first-order valence-corrected chi connectivity index (χ1v) is 6.62. The number of hydrogen-bond acceptors (Lipinski definition) is 6. The predicted molar refractivity (Wildman–Crippen MR) is 69.4 cm³/mol. The smallest absolute Gasteiger partial charge is 0.311 e. The van der Waals surface area contributed by atoms with Crippen LogP contribution in [0.3, 0.4) is 0 Å². The number of ether oxygens (including phenoxy) is 1. The second-order valence-electron chi connectivity index (χ2n) is 3.62. The van der Waals surface area contributed by atoms with Crippen molar-refractivity contribution in [2.45, 2.75) is 26.2 Å². The molecule has 0 bridgehead atoms. The molecule has 1 aromatic heterocycles. The van der Waals surface area contributed by atoms with Gasteiger partial charge in [0.15, 0.2) is 5.13 Å². The van der Waals surface area contributed by atoms with E-state index in [-0.39, 0.29) is 18.3 Å². The zero-order valence-corrected chi connectivity index (χ0v) is 11.1. The summed E-state index contributed by atoms with van der Waals surface area (Å²) >= 11 is 1.42. The number of nitrogens with zero attached hydrogens (tertiary/aromatic N) is 1. The maximum absolute atomic E-state index is 11.2. The molecule has 0 saturated heterocycles. The molecule has 0 aliphatic carbocycles. The third-order valence-electron chi connectivity index (χ3n) is 2.06. The highest BCUT2D eigenvalue weighted by molar-refractivity contribution is 7.13. The van der Waals surface area contributed by atoms with E-state index in [0.717, 1.165) is 5.13 Å². The summed E-state index contributed by atoms with van der Waals surface area (Å²) in [6.07, 6.45) is 1.21. The second-order valence-corrected chi connectivity index (χ2v) is 4.48. The van der Waals surface area contributed by atoms with Gasteiger partial charge in [-0.2, -0.15) is 0 Å². The summed E-state index contributed by atoms with van der Waals surface area (Å²) < 4.78 is 4.83. The number of thiazole rings is 1. The van der Waals surface area contributed by atoms with Gasteiger partial charge in [0.2, 0.25) is 5.91 Å². The minimum atomic E-state index is -0.307. The second kappa shape index (κ2) is 7.65. The average Bonchev–Trinajstić information content (AvgIpc) is 2.72. The molecule has 0 unspecified atom stereocenters. The van der Waals surface area contributed by atoms with Crippen molar-refractivity contribution in [1.29, 1.82) is 0 Å². The highest BCUT2D eigenvalue weighted by atomic mass is 32.1. The summed E-state index contributed by atoms with van der Waals surface area (Å²) in [6.45, 7) is 2.78. The van der Waals surface area contributed by atoms with E-state index in [1.165, 1.54) is 11.3 Å². The van der Waals surface area contributed by atoms with Gasteiger partial charge in [-0.1, -0.05) is 0 Å². The number of carbonyl (C=O) groups excluding carboxylic acids is 2. The van der Waals surface area contributed by atoms with Crippen molar-refractivity contribution in [2.75, 3.05) is 18.5 Å². The fourth-order valence-electron chi connectivity index (χ4n) is 1.29. The molecule has 100 valence electrons. The molecule has 1 aromatic rings. The topological polar surface area (TPSA) is 94.3 Å². The summed E-state index contributed by atoms with van der Waals surface area (Å²) in [6, 6.07) is 0. The number of aromatic nitrogens is 1. The number of esters is 1. The Bertz CT molecular complexity index is 406. The van der Waals surface area contributed by atoms with E-state index in [2.05, 4.69) is 10.3 Å². The van der Waals surface area contributed by atoms with Crippen LogP contribution < -0.4 is 11.1 Å². The lowest BCUT2D eigenvalue weighted by molar-refractivity contribution is -0.142. The Hall–Kier alpha value is -1.63. The molecule has 3 N–H and O–H groups in total. The van der Waals surface area contributed by atoms with Crippen LogP contribution >= 0.6 is 11.3 Å². The highest BCUT2D eigenvalue weighted by Crippen LogP contribution is 2.16. The maximum Gasteiger partial charge on any atom is 0.311 e. The van der Waals surface area contributed by atoms with Gasteiger partial charge in [-0.3, -0.25) is 9.59 Å². The van der Waals surface area contributed by atoms with Gasteiger partial charge in [-0.25, -0.2) is 4.98 Å². The normalized spacial score (nSPS) is 10.1. The molecule has 18 heavy (non-hydrogen) atoms. The monoisotopic (exact) mass is 271 g/mol. The molecule has 0 spiro atoms. The minimum absolute atomic E-state index is 0.188. The summed E-state index contributed by atoms with van der Waals surface area (Å²) in [5.41, 5.74) is 5.72. The molecule has 1 rings (SSSR count).